The Morgan fingerprint density at radius 1 is 1.30 bits per heavy atom. The molecule has 0 amide bonds. The molecule has 20 heavy (non-hydrogen) atoms. The average Bonchev–Trinajstić information content (AvgIpc) is 3.10. The Labute approximate surface area is 124 Å². The van der Waals surface area contributed by atoms with E-state index in [0.29, 0.717) is 16.8 Å². The van der Waals surface area contributed by atoms with Crippen LogP contribution in [0, 0.1) is 13.8 Å². The predicted octanol–water partition coefficient (Wildman–Crippen LogP) is 4.74. The van der Waals surface area contributed by atoms with Gasteiger partial charge in [-0.2, -0.15) is 0 Å². The molecule has 3 aromatic heterocycles. The van der Waals surface area contributed by atoms with Crippen molar-refractivity contribution in [3.8, 4) is 11.5 Å². The number of hydrogen-bond acceptors (Lipinski definition) is 5. The van der Waals surface area contributed by atoms with Gasteiger partial charge in [-0.15, -0.1) is 21.5 Å². The lowest BCUT2D eigenvalue weighted by atomic mass is 10.2. The third-order valence-corrected chi connectivity index (χ3v) is 3.80. The van der Waals surface area contributed by atoms with Crippen LogP contribution in [-0.4, -0.2) is 10.2 Å². The quantitative estimate of drug-likeness (QED) is 0.701. The molecule has 6 heteroatoms. The fraction of sp³-hybridized carbons (Fsp3) is 0.143. The summed E-state index contributed by atoms with van der Waals surface area (Å²) in [6.45, 7) is 3.73. The summed E-state index contributed by atoms with van der Waals surface area (Å²) in [5.41, 5.74) is 0.793. The second kappa shape index (κ2) is 5.26. The Morgan fingerprint density at radius 3 is 2.80 bits per heavy atom. The van der Waals surface area contributed by atoms with Gasteiger partial charge in [-0.3, -0.25) is 0 Å². The first-order valence-electron chi connectivity index (χ1n) is 5.95. The average molecular weight is 307 g/mol. The highest BCUT2D eigenvalue weighted by Crippen LogP contribution is 2.29. The van der Waals surface area contributed by atoms with Gasteiger partial charge >= 0.3 is 0 Å². The van der Waals surface area contributed by atoms with Crippen LogP contribution in [0.5, 0.6) is 0 Å². The molecule has 0 spiro atoms. The number of rotatable bonds is 3. The first-order chi connectivity index (χ1) is 9.63. The van der Waals surface area contributed by atoms with E-state index in [9.17, 15) is 0 Å². The zero-order valence-electron chi connectivity index (χ0n) is 10.9. The van der Waals surface area contributed by atoms with Crippen molar-refractivity contribution in [2.75, 3.05) is 0 Å². The van der Waals surface area contributed by atoms with Crippen LogP contribution in [0.25, 0.3) is 22.6 Å². The van der Waals surface area contributed by atoms with Crippen LogP contribution in [0.3, 0.4) is 0 Å². The lowest BCUT2D eigenvalue weighted by molar-refractivity contribution is 0.502. The molecular weight excluding hydrogens is 296 g/mol. The summed E-state index contributed by atoms with van der Waals surface area (Å²) in [5.74, 6) is 2.26. The monoisotopic (exact) mass is 306 g/mol. The minimum absolute atomic E-state index is 0.299. The molecule has 3 heterocycles. The number of aryl methyl sites for hydroxylation is 2. The fourth-order valence-corrected chi connectivity index (χ4v) is 2.75. The maximum absolute atomic E-state index is 6.19. The van der Waals surface area contributed by atoms with Crippen molar-refractivity contribution in [2.24, 2.45) is 0 Å². The molecule has 4 nitrogen and oxygen atoms in total. The lowest BCUT2D eigenvalue weighted by Crippen LogP contribution is -1.76. The van der Waals surface area contributed by atoms with E-state index >= 15 is 0 Å². The Hall–Kier alpha value is -1.85. The molecule has 0 aliphatic rings. The van der Waals surface area contributed by atoms with Gasteiger partial charge in [0.05, 0.1) is 5.56 Å². The summed E-state index contributed by atoms with van der Waals surface area (Å²) in [6.07, 6.45) is 1.80. The zero-order valence-corrected chi connectivity index (χ0v) is 12.5. The molecule has 102 valence electrons. The Morgan fingerprint density at radius 2 is 2.15 bits per heavy atom. The zero-order chi connectivity index (χ0) is 14.1. The van der Waals surface area contributed by atoms with E-state index in [2.05, 4.69) is 10.2 Å². The number of halogens is 1. The van der Waals surface area contributed by atoms with Crippen LogP contribution in [0.1, 0.15) is 22.3 Å². The maximum Gasteiger partial charge on any atom is 0.259 e. The van der Waals surface area contributed by atoms with E-state index in [-0.39, 0.29) is 0 Å². The Kier molecular flexibility index (Phi) is 3.46. The summed E-state index contributed by atoms with van der Waals surface area (Å²) in [4.78, 5) is 1.03. The topological polar surface area (TPSA) is 52.1 Å². The van der Waals surface area contributed by atoms with Crippen LogP contribution in [0.2, 0.25) is 0 Å². The molecule has 0 radical (unpaired) electrons. The van der Waals surface area contributed by atoms with E-state index in [0.717, 1.165) is 22.0 Å². The molecule has 0 atom stereocenters. The first-order valence-corrected chi connectivity index (χ1v) is 7.21. The smallest absolute Gasteiger partial charge is 0.259 e. The molecule has 0 N–H and O–H groups in total. The summed E-state index contributed by atoms with van der Waals surface area (Å²) >= 11 is 7.78. The third-order valence-electron chi connectivity index (χ3n) is 2.71. The SMILES string of the molecule is Cc1cc(-c2nnc(/C(Cl)=C/c3cccs3)o2)c(C)o1. The fourth-order valence-electron chi connectivity index (χ4n) is 1.83. The van der Waals surface area contributed by atoms with Crippen molar-refractivity contribution in [3.05, 3.63) is 45.9 Å². The van der Waals surface area contributed by atoms with Gasteiger partial charge in [0.25, 0.3) is 11.8 Å². The first kappa shape index (κ1) is 13.1. The number of thiophene rings is 1. The van der Waals surface area contributed by atoms with Crippen LogP contribution in [0.4, 0.5) is 0 Å². The normalized spacial score (nSPS) is 12.1. The number of furan rings is 1. The highest BCUT2D eigenvalue weighted by Gasteiger charge is 2.16. The molecule has 0 unspecified atom stereocenters. The molecule has 0 aromatic carbocycles. The number of hydrogen-bond donors (Lipinski definition) is 0. The highest BCUT2D eigenvalue weighted by molar-refractivity contribution is 7.11. The van der Waals surface area contributed by atoms with Crippen molar-refractivity contribution in [2.45, 2.75) is 13.8 Å². The second-order valence-corrected chi connectivity index (χ2v) is 5.63. The molecule has 0 fully saturated rings. The van der Waals surface area contributed by atoms with Gasteiger partial charge in [-0.25, -0.2) is 0 Å². The van der Waals surface area contributed by atoms with Crippen molar-refractivity contribution in [1.29, 1.82) is 0 Å². The van der Waals surface area contributed by atoms with E-state index in [1.807, 2.05) is 37.4 Å². The Bertz CT molecular complexity index is 756. The van der Waals surface area contributed by atoms with Gasteiger partial charge in [0.15, 0.2) is 0 Å². The number of aromatic nitrogens is 2. The molecule has 0 saturated carbocycles. The molecular formula is C14H11ClN2O2S. The van der Waals surface area contributed by atoms with Gasteiger partial charge < -0.3 is 8.83 Å². The van der Waals surface area contributed by atoms with Gasteiger partial charge in [0, 0.05) is 4.88 Å². The Balaban J connectivity index is 1.92. The number of nitrogens with zero attached hydrogens (tertiary/aromatic N) is 2. The summed E-state index contributed by atoms with van der Waals surface area (Å²) in [7, 11) is 0. The standard InChI is InChI=1S/C14H11ClN2O2S/c1-8-6-11(9(2)18-8)13-16-17-14(19-13)12(15)7-10-4-3-5-20-10/h3-7H,1-2H3/b12-7-. The van der Waals surface area contributed by atoms with Crippen LogP contribution in [-0.2, 0) is 0 Å². The highest BCUT2D eigenvalue weighted by atomic mass is 35.5. The van der Waals surface area contributed by atoms with Crippen LogP contribution in [0.15, 0.2) is 32.4 Å². The minimum atomic E-state index is 0.299. The maximum atomic E-state index is 6.19. The van der Waals surface area contributed by atoms with Crippen molar-refractivity contribution < 1.29 is 8.83 Å². The van der Waals surface area contributed by atoms with Gasteiger partial charge in [-0.1, -0.05) is 17.7 Å². The van der Waals surface area contributed by atoms with Gasteiger partial charge in [-0.05, 0) is 37.4 Å². The molecule has 0 saturated heterocycles. The second-order valence-electron chi connectivity index (χ2n) is 4.25. The van der Waals surface area contributed by atoms with Crippen LogP contribution >= 0.6 is 22.9 Å². The largest absolute Gasteiger partial charge is 0.466 e. The molecule has 0 aliphatic carbocycles. The molecule has 3 aromatic rings. The van der Waals surface area contributed by atoms with Crippen LogP contribution < -0.4 is 0 Å². The third kappa shape index (κ3) is 2.55. The van der Waals surface area contributed by atoms with Crippen molar-refractivity contribution in [3.63, 3.8) is 0 Å². The van der Waals surface area contributed by atoms with E-state index in [1.165, 1.54) is 0 Å². The van der Waals surface area contributed by atoms with E-state index in [4.69, 9.17) is 20.4 Å². The summed E-state index contributed by atoms with van der Waals surface area (Å²) in [5, 5.41) is 10.4. The van der Waals surface area contributed by atoms with Crippen molar-refractivity contribution in [1.82, 2.24) is 10.2 Å². The summed E-state index contributed by atoms with van der Waals surface area (Å²) < 4.78 is 11.0. The predicted molar refractivity (Wildman–Crippen MR) is 79.5 cm³/mol. The molecule has 0 bridgehead atoms. The van der Waals surface area contributed by atoms with Crippen molar-refractivity contribution >= 4 is 34.0 Å². The molecule has 3 rings (SSSR count). The minimum Gasteiger partial charge on any atom is -0.466 e. The van der Waals surface area contributed by atoms with Gasteiger partial charge in [0.2, 0.25) is 0 Å². The van der Waals surface area contributed by atoms with E-state index < -0.39 is 0 Å². The lowest BCUT2D eigenvalue weighted by Gasteiger charge is -1.91. The molecule has 0 aliphatic heterocycles. The van der Waals surface area contributed by atoms with Gasteiger partial charge in [0.1, 0.15) is 16.6 Å². The van der Waals surface area contributed by atoms with E-state index in [1.54, 1.807) is 17.4 Å². The summed E-state index contributed by atoms with van der Waals surface area (Å²) in [6, 6.07) is 5.79.